The molecule has 0 aliphatic carbocycles. The third kappa shape index (κ3) is 3.53. The van der Waals surface area contributed by atoms with E-state index in [0.717, 1.165) is 38.2 Å². The number of rotatable bonds is 4. The van der Waals surface area contributed by atoms with Gasteiger partial charge in [-0.15, -0.1) is 11.3 Å². The zero-order valence-corrected chi connectivity index (χ0v) is 13.1. The summed E-state index contributed by atoms with van der Waals surface area (Å²) in [6, 6.07) is 8.00. The lowest BCUT2D eigenvalue weighted by Crippen LogP contribution is -2.21. The van der Waals surface area contributed by atoms with Gasteiger partial charge in [-0.1, -0.05) is 23.9 Å². The van der Waals surface area contributed by atoms with Crippen LogP contribution in [0.3, 0.4) is 0 Å². The molecule has 3 rings (SSSR count). The van der Waals surface area contributed by atoms with Crippen molar-refractivity contribution in [2.75, 3.05) is 17.3 Å². The summed E-state index contributed by atoms with van der Waals surface area (Å²) in [6.45, 7) is 0. The van der Waals surface area contributed by atoms with Gasteiger partial charge in [0.05, 0.1) is 16.0 Å². The Morgan fingerprint density at radius 3 is 3.15 bits per heavy atom. The molecule has 7 heteroatoms. The SMILES string of the molecule is O=C(CSc1nc2ccccc2s1)N/N=C1/CCSC1. The van der Waals surface area contributed by atoms with E-state index in [-0.39, 0.29) is 5.91 Å². The van der Waals surface area contributed by atoms with Gasteiger partial charge in [0.15, 0.2) is 4.34 Å². The number of hydrogen-bond acceptors (Lipinski definition) is 6. The molecule has 0 bridgehead atoms. The van der Waals surface area contributed by atoms with Crippen LogP contribution in [-0.4, -0.2) is 33.9 Å². The molecule has 2 aromatic rings. The highest BCUT2D eigenvalue weighted by atomic mass is 32.2. The fourth-order valence-corrected chi connectivity index (χ4v) is 4.58. The number of carbonyl (C=O) groups excluding carboxylic acids is 1. The van der Waals surface area contributed by atoms with Crippen LogP contribution in [0.2, 0.25) is 0 Å². The van der Waals surface area contributed by atoms with Crippen LogP contribution in [0.1, 0.15) is 6.42 Å². The molecule has 20 heavy (non-hydrogen) atoms. The standard InChI is InChI=1S/C13H13N3OS3/c17-12(16-15-9-5-6-18-7-9)8-19-13-14-10-3-1-2-4-11(10)20-13/h1-4H,5-8H2,(H,16,17)/b15-9-. The van der Waals surface area contributed by atoms with Crippen LogP contribution >= 0.6 is 34.9 Å². The third-order valence-corrected chi connectivity index (χ3v) is 5.95. The van der Waals surface area contributed by atoms with Gasteiger partial charge >= 0.3 is 0 Å². The average Bonchev–Trinajstić information content (AvgIpc) is 3.11. The average molecular weight is 323 g/mol. The summed E-state index contributed by atoms with van der Waals surface area (Å²) in [5.74, 6) is 2.32. The van der Waals surface area contributed by atoms with Crippen LogP contribution in [0.5, 0.6) is 0 Å². The van der Waals surface area contributed by atoms with E-state index < -0.39 is 0 Å². The lowest BCUT2D eigenvalue weighted by molar-refractivity contribution is -0.118. The fraction of sp³-hybridized carbons (Fsp3) is 0.308. The monoisotopic (exact) mass is 323 g/mol. The van der Waals surface area contributed by atoms with Crippen molar-refractivity contribution in [3.63, 3.8) is 0 Å². The summed E-state index contributed by atoms with van der Waals surface area (Å²) in [5, 5.41) is 4.14. The Hall–Kier alpha value is -1.05. The number of nitrogens with one attached hydrogen (secondary N) is 1. The van der Waals surface area contributed by atoms with Gasteiger partial charge in [-0.25, -0.2) is 10.4 Å². The van der Waals surface area contributed by atoms with Crippen molar-refractivity contribution in [3.05, 3.63) is 24.3 Å². The molecule has 2 heterocycles. The van der Waals surface area contributed by atoms with E-state index in [1.54, 1.807) is 11.3 Å². The quantitative estimate of drug-likeness (QED) is 0.694. The number of aromatic nitrogens is 1. The number of nitrogens with zero attached hydrogens (tertiary/aromatic N) is 2. The van der Waals surface area contributed by atoms with Crippen LogP contribution < -0.4 is 5.43 Å². The van der Waals surface area contributed by atoms with Gasteiger partial charge in [0.25, 0.3) is 5.91 Å². The van der Waals surface area contributed by atoms with Crippen molar-refractivity contribution < 1.29 is 4.79 Å². The highest BCUT2D eigenvalue weighted by molar-refractivity contribution is 8.01. The smallest absolute Gasteiger partial charge is 0.250 e. The third-order valence-electron chi connectivity index (χ3n) is 2.74. The van der Waals surface area contributed by atoms with Gasteiger partial charge in [0, 0.05) is 11.5 Å². The number of hydrogen-bond donors (Lipinski definition) is 1. The maximum absolute atomic E-state index is 11.7. The van der Waals surface area contributed by atoms with Crippen molar-refractivity contribution in [1.82, 2.24) is 10.4 Å². The first-order valence-electron chi connectivity index (χ1n) is 6.21. The minimum absolute atomic E-state index is 0.0707. The Labute approximate surface area is 129 Å². The molecule has 0 radical (unpaired) electrons. The summed E-state index contributed by atoms with van der Waals surface area (Å²) in [7, 11) is 0. The van der Waals surface area contributed by atoms with Crippen LogP contribution in [0.15, 0.2) is 33.7 Å². The molecule has 0 atom stereocenters. The number of thiazole rings is 1. The number of benzene rings is 1. The Bertz CT molecular complexity index is 612. The van der Waals surface area contributed by atoms with Gasteiger partial charge in [-0.3, -0.25) is 4.79 Å². The molecular weight excluding hydrogens is 310 g/mol. The number of hydrazone groups is 1. The van der Waals surface area contributed by atoms with Crippen molar-refractivity contribution >= 4 is 56.7 Å². The van der Waals surface area contributed by atoms with Gasteiger partial charge in [0.2, 0.25) is 0 Å². The van der Waals surface area contributed by atoms with Crippen LogP contribution in [0.4, 0.5) is 0 Å². The van der Waals surface area contributed by atoms with Gasteiger partial charge in [-0.2, -0.15) is 16.9 Å². The van der Waals surface area contributed by atoms with Crippen molar-refractivity contribution in [2.24, 2.45) is 5.10 Å². The van der Waals surface area contributed by atoms with E-state index in [9.17, 15) is 4.79 Å². The predicted molar refractivity (Wildman–Crippen MR) is 87.9 cm³/mol. The lowest BCUT2D eigenvalue weighted by atomic mass is 10.3. The zero-order chi connectivity index (χ0) is 13.8. The summed E-state index contributed by atoms with van der Waals surface area (Å²) in [4.78, 5) is 16.2. The topological polar surface area (TPSA) is 54.4 Å². The minimum Gasteiger partial charge on any atom is -0.272 e. The molecule has 1 aromatic carbocycles. The second-order valence-electron chi connectivity index (χ2n) is 4.25. The first-order valence-corrected chi connectivity index (χ1v) is 9.17. The maximum Gasteiger partial charge on any atom is 0.250 e. The molecule has 1 aromatic heterocycles. The summed E-state index contributed by atoms with van der Waals surface area (Å²) in [5.41, 5.74) is 4.69. The first kappa shape index (κ1) is 13.9. The van der Waals surface area contributed by atoms with Crippen molar-refractivity contribution in [3.8, 4) is 0 Å². The number of carbonyl (C=O) groups is 1. The van der Waals surface area contributed by atoms with E-state index in [1.165, 1.54) is 11.8 Å². The molecule has 1 aliphatic rings. The minimum atomic E-state index is -0.0707. The highest BCUT2D eigenvalue weighted by Crippen LogP contribution is 2.28. The Balaban J connectivity index is 1.53. The molecule has 104 valence electrons. The Morgan fingerprint density at radius 1 is 1.45 bits per heavy atom. The summed E-state index contributed by atoms with van der Waals surface area (Å²) < 4.78 is 2.07. The molecule has 1 saturated heterocycles. The van der Waals surface area contributed by atoms with Crippen LogP contribution in [0.25, 0.3) is 10.2 Å². The lowest BCUT2D eigenvalue weighted by Gasteiger charge is -1.99. The molecular formula is C13H13N3OS3. The second-order valence-corrected chi connectivity index (χ2v) is 7.61. The molecule has 0 unspecified atom stereocenters. The first-order chi connectivity index (χ1) is 9.81. The van der Waals surface area contributed by atoms with Gasteiger partial charge in [-0.05, 0) is 24.3 Å². The molecule has 1 aliphatic heterocycles. The molecule has 0 spiro atoms. The number of fused-ring (bicyclic) bond motifs is 1. The predicted octanol–water partition coefficient (Wildman–Crippen LogP) is 3.00. The van der Waals surface area contributed by atoms with Gasteiger partial charge < -0.3 is 0 Å². The van der Waals surface area contributed by atoms with Crippen molar-refractivity contribution in [1.29, 1.82) is 0 Å². The van der Waals surface area contributed by atoms with E-state index >= 15 is 0 Å². The molecule has 1 amide bonds. The number of thioether (sulfide) groups is 2. The molecule has 1 N–H and O–H groups in total. The Morgan fingerprint density at radius 2 is 2.35 bits per heavy atom. The normalized spacial score (nSPS) is 16.9. The van der Waals surface area contributed by atoms with Crippen LogP contribution in [0, 0.1) is 0 Å². The van der Waals surface area contributed by atoms with Gasteiger partial charge in [0.1, 0.15) is 0 Å². The van der Waals surface area contributed by atoms with E-state index in [0.29, 0.717) is 5.75 Å². The second kappa shape index (κ2) is 6.60. The highest BCUT2D eigenvalue weighted by Gasteiger charge is 2.10. The van der Waals surface area contributed by atoms with Crippen molar-refractivity contribution in [2.45, 2.75) is 10.8 Å². The largest absolute Gasteiger partial charge is 0.272 e. The zero-order valence-electron chi connectivity index (χ0n) is 10.7. The summed E-state index contributed by atoms with van der Waals surface area (Å²) >= 11 is 4.92. The fourth-order valence-electron chi connectivity index (χ4n) is 1.75. The number of para-hydroxylation sites is 1. The van der Waals surface area contributed by atoms with E-state index in [2.05, 4.69) is 15.5 Å². The van der Waals surface area contributed by atoms with E-state index in [4.69, 9.17) is 0 Å². The molecule has 1 fully saturated rings. The molecule has 0 saturated carbocycles. The number of amides is 1. The van der Waals surface area contributed by atoms with E-state index in [1.807, 2.05) is 36.0 Å². The molecule has 4 nitrogen and oxygen atoms in total. The Kier molecular flexibility index (Phi) is 4.59. The summed E-state index contributed by atoms with van der Waals surface area (Å²) in [6.07, 6.45) is 0.982. The van der Waals surface area contributed by atoms with Crippen LogP contribution in [-0.2, 0) is 4.79 Å². The maximum atomic E-state index is 11.7.